The molecule has 1 N–H and O–H groups in total. The Hall–Kier alpha value is -1.39. The van der Waals surface area contributed by atoms with Gasteiger partial charge in [-0.1, -0.05) is 19.1 Å². The van der Waals surface area contributed by atoms with Crippen molar-refractivity contribution in [3.8, 4) is 0 Å². The summed E-state index contributed by atoms with van der Waals surface area (Å²) in [7, 11) is 2.14. The largest absolute Gasteiger partial charge is 0.349 e. The lowest BCUT2D eigenvalue weighted by molar-refractivity contribution is 0.0917. The fourth-order valence-corrected chi connectivity index (χ4v) is 3.87. The predicted octanol–water partition coefficient (Wildman–Crippen LogP) is 2.74. The van der Waals surface area contributed by atoms with Gasteiger partial charge in [-0.2, -0.15) is 0 Å². The van der Waals surface area contributed by atoms with Crippen LogP contribution in [0.2, 0.25) is 0 Å². The Kier molecular flexibility index (Phi) is 5.90. The standard InChI is InChI=1S/C20H31N3O/c1-16-4-3-11-23(14-16)15-17-5-7-18(8-6-17)20(24)21-19-9-12-22(2)13-10-19/h5-8,16,19H,3-4,9-15H2,1-2H3,(H,21,24)/t16-/m1/s1. The SMILES string of the molecule is C[C@@H]1CCCN(Cc2ccc(C(=O)NC3CCN(C)CC3)cc2)C1. The monoisotopic (exact) mass is 329 g/mol. The van der Waals surface area contributed by atoms with Gasteiger partial charge in [0.2, 0.25) is 0 Å². The van der Waals surface area contributed by atoms with Crippen LogP contribution in [0.25, 0.3) is 0 Å². The third-order valence-corrected chi connectivity index (χ3v) is 5.42. The number of carbonyl (C=O) groups is 1. The number of hydrogen-bond donors (Lipinski definition) is 1. The first kappa shape index (κ1) is 17.4. The second-order valence-electron chi connectivity index (χ2n) is 7.73. The van der Waals surface area contributed by atoms with E-state index in [0.717, 1.165) is 44.0 Å². The highest BCUT2D eigenvalue weighted by Gasteiger charge is 2.19. The first-order valence-corrected chi connectivity index (χ1v) is 9.41. The van der Waals surface area contributed by atoms with Gasteiger partial charge in [-0.25, -0.2) is 0 Å². The summed E-state index contributed by atoms with van der Waals surface area (Å²) in [5, 5.41) is 3.19. The molecule has 1 amide bonds. The molecule has 0 aliphatic carbocycles. The minimum Gasteiger partial charge on any atom is -0.349 e. The van der Waals surface area contributed by atoms with Gasteiger partial charge in [0, 0.05) is 24.7 Å². The molecule has 24 heavy (non-hydrogen) atoms. The lowest BCUT2D eigenvalue weighted by Gasteiger charge is -2.31. The number of hydrogen-bond acceptors (Lipinski definition) is 3. The topological polar surface area (TPSA) is 35.6 Å². The lowest BCUT2D eigenvalue weighted by atomic mass is 9.99. The maximum atomic E-state index is 12.4. The van der Waals surface area contributed by atoms with Crippen molar-refractivity contribution in [2.24, 2.45) is 5.92 Å². The molecule has 0 bridgehead atoms. The predicted molar refractivity (Wildman–Crippen MR) is 98.1 cm³/mol. The Bertz CT molecular complexity index is 534. The molecular formula is C20H31N3O. The number of benzene rings is 1. The van der Waals surface area contributed by atoms with E-state index in [1.54, 1.807) is 0 Å². The van der Waals surface area contributed by atoms with Crippen LogP contribution in [0.5, 0.6) is 0 Å². The van der Waals surface area contributed by atoms with Gasteiger partial charge < -0.3 is 10.2 Å². The Morgan fingerprint density at radius 2 is 1.83 bits per heavy atom. The molecule has 1 aromatic carbocycles. The summed E-state index contributed by atoms with van der Waals surface area (Å²) < 4.78 is 0. The lowest BCUT2D eigenvalue weighted by Crippen LogP contribution is -2.43. The van der Waals surface area contributed by atoms with E-state index >= 15 is 0 Å². The van der Waals surface area contributed by atoms with E-state index in [4.69, 9.17) is 0 Å². The number of likely N-dealkylation sites (tertiary alicyclic amines) is 2. The molecule has 2 aliphatic heterocycles. The van der Waals surface area contributed by atoms with E-state index < -0.39 is 0 Å². The Labute approximate surface area is 146 Å². The first-order valence-electron chi connectivity index (χ1n) is 9.41. The number of nitrogens with one attached hydrogen (secondary N) is 1. The van der Waals surface area contributed by atoms with Gasteiger partial charge in [-0.3, -0.25) is 9.69 Å². The van der Waals surface area contributed by atoms with Gasteiger partial charge >= 0.3 is 0 Å². The van der Waals surface area contributed by atoms with Crippen LogP contribution in [0.4, 0.5) is 0 Å². The summed E-state index contributed by atoms with van der Waals surface area (Å²) in [5.74, 6) is 0.876. The molecule has 2 fully saturated rings. The zero-order valence-electron chi connectivity index (χ0n) is 15.1. The molecular weight excluding hydrogens is 298 g/mol. The summed E-state index contributed by atoms with van der Waals surface area (Å²) in [5.41, 5.74) is 2.09. The van der Waals surface area contributed by atoms with Gasteiger partial charge in [-0.15, -0.1) is 0 Å². The Balaban J connectivity index is 1.51. The third kappa shape index (κ3) is 4.81. The van der Waals surface area contributed by atoms with Crippen molar-refractivity contribution < 1.29 is 4.79 Å². The summed E-state index contributed by atoms with van der Waals surface area (Å²) in [4.78, 5) is 17.3. The smallest absolute Gasteiger partial charge is 0.251 e. The fourth-order valence-electron chi connectivity index (χ4n) is 3.87. The van der Waals surface area contributed by atoms with Gasteiger partial charge in [0.15, 0.2) is 0 Å². The van der Waals surface area contributed by atoms with Crippen LogP contribution in [-0.4, -0.2) is 55.0 Å². The van der Waals surface area contributed by atoms with Crippen LogP contribution in [0, 0.1) is 5.92 Å². The summed E-state index contributed by atoms with van der Waals surface area (Å²) in [6.07, 6.45) is 4.76. The molecule has 4 heteroatoms. The summed E-state index contributed by atoms with van der Waals surface area (Å²) >= 11 is 0. The highest BCUT2D eigenvalue weighted by Crippen LogP contribution is 2.18. The van der Waals surface area contributed by atoms with E-state index in [9.17, 15) is 4.79 Å². The summed E-state index contributed by atoms with van der Waals surface area (Å²) in [6, 6.07) is 8.51. The van der Waals surface area contributed by atoms with Crippen LogP contribution in [0.1, 0.15) is 48.5 Å². The van der Waals surface area contributed by atoms with Crippen molar-refractivity contribution in [1.82, 2.24) is 15.1 Å². The Morgan fingerprint density at radius 3 is 2.50 bits per heavy atom. The zero-order valence-corrected chi connectivity index (χ0v) is 15.1. The molecule has 3 rings (SSSR count). The van der Waals surface area contributed by atoms with Crippen LogP contribution >= 0.6 is 0 Å². The summed E-state index contributed by atoms with van der Waals surface area (Å²) in [6.45, 7) is 7.86. The van der Waals surface area contributed by atoms with Crippen molar-refractivity contribution in [3.63, 3.8) is 0 Å². The van der Waals surface area contributed by atoms with Crippen molar-refractivity contribution >= 4 is 5.91 Å². The average molecular weight is 329 g/mol. The molecule has 132 valence electrons. The van der Waals surface area contributed by atoms with Gasteiger partial charge in [-0.05, 0) is 76.0 Å². The molecule has 0 aromatic heterocycles. The van der Waals surface area contributed by atoms with Gasteiger partial charge in [0.1, 0.15) is 0 Å². The average Bonchev–Trinajstić information content (AvgIpc) is 2.57. The number of nitrogens with zero attached hydrogens (tertiary/aromatic N) is 2. The van der Waals surface area contributed by atoms with Gasteiger partial charge in [0.25, 0.3) is 5.91 Å². The highest BCUT2D eigenvalue weighted by atomic mass is 16.1. The first-order chi connectivity index (χ1) is 11.6. The number of piperidine rings is 2. The van der Waals surface area contributed by atoms with E-state index in [2.05, 4.69) is 41.2 Å². The molecule has 2 saturated heterocycles. The third-order valence-electron chi connectivity index (χ3n) is 5.42. The van der Waals surface area contributed by atoms with Crippen molar-refractivity contribution in [2.75, 3.05) is 33.2 Å². The molecule has 1 aromatic rings. The van der Waals surface area contributed by atoms with Crippen LogP contribution in [0.15, 0.2) is 24.3 Å². The molecule has 2 heterocycles. The minimum absolute atomic E-state index is 0.0719. The van der Waals surface area contributed by atoms with Crippen LogP contribution < -0.4 is 5.32 Å². The van der Waals surface area contributed by atoms with E-state index in [-0.39, 0.29) is 5.91 Å². The van der Waals surface area contributed by atoms with E-state index in [0.29, 0.717) is 6.04 Å². The number of rotatable bonds is 4. The van der Waals surface area contributed by atoms with Crippen LogP contribution in [0.3, 0.4) is 0 Å². The fraction of sp³-hybridized carbons (Fsp3) is 0.650. The molecule has 0 saturated carbocycles. The second-order valence-corrected chi connectivity index (χ2v) is 7.73. The number of carbonyl (C=O) groups excluding carboxylic acids is 1. The second kappa shape index (κ2) is 8.13. The molecule has 1 atom stereocenters. The minimum atomic E-state index is 0.0719. The van der Waals surface area contributed by atoms with Crippen LogP contribution in [-0.2, 0) is 6.54 Å². The van der Waals surface area contributed by atoms with E-state index in [1.807, 2.05) is 12.1 Å². The van der Waals surface area contributed by atoms with Gasteiger partial charge in [0.05, 0.1) is 0 Å². The molecule has 0 spiro atoms. The molecule has 0 unspecified atom stereocenters. The zero-order chi connectivity index (χ0) is 16.9. The Morgan fingerprint density at radius 1 is 1.12 bits per heavy atom. The highest BCUT2D eigenvalue weighted by molar-refractivity contribution is 5.94. The normalized spacial score (nSPS) is 24.0. The maximum absolute atomic E-state index is 12.4. The van der Waals surface area contributed by atoms with Crippen molar-refractivity contribution in [2.45, 2.75) is 45.2 Å². The van der Waals surface area contributed by atoms with Crippen molar-refractivity contribution in [1.29, 1.82) is 0 Å². The molecule has 0 radical (unpaired) electrons. The quantitative estimate of drug-likeness (QED) is 0.922. The molecule has 4 nitrogen and oxygen atoms in total. The van der Waals surface area contributed by atoms with Crippen molar-refractivity contribution in [3.05, 3.63) is 35.4 Å². The number of amides is 1. The van der Waals surface area contributed by atoms with E-state index in [1.165, 1.54) is 31.5 Å². The molecule has 2 aliphatic rings. The maximum Gasteiger partial charge on any atom is 0.251 e.